The zero-order valence-electron chi connectivity index (χ0n) is 9.33. The standard InChI is InChI=1S/C11H22N2S/c1-9(7-8-14-2)13-11(12)10-5-3-4-6-10/h9-10H,3-8H2,1-2H3,(H2,12,13). The molecule has 1 rings (SSSR count). The Hall–Kier alpha value is -0.180. The van der Waals surface area contributed by atoms with Gasteiger partial charge in [-0.1, -0.05) is 12.8 Å². The summed E-state index contributed by atoms with van der Waals surface area (Å²) >= 11 is 1.88. The average molecular weight is 214 g/mol. The summed E-state index contributed by atoms with van der Waals surface area (Å²) in [5, 5.41) is 0. The second-order valence-electron chi connectivity index (χ2n) is 4.17. The molecular formula is C11H22N2S. The molecule has 2 N–H and O–H groups in total. The van der Waals surface area contributed by atoms with Gasteiger partial charge in [-0.25, -0.2) is 0 Å². The van der Waals surface area contributed by atoms with E-state index in [1.54, 1.807) is 0 Å². The van der Waals surface area contributed by atoms with Crippen molar-refractivity contribution in [3.8, 4) is 0 Å². The van der Waals surface area contributed by atoms with Crippen LogP contribution in [0.5, 0.6) is 0 Å². The zero-order valence-corrected chi connectivity index (χ0v) is 10.1. The first-order valence-electron chi connectivity index (χ1n) is 5.56. The highest BCUT2D eigenvalue weighted by Crippen LogP contribution is 2.25. The smallest absolute Gasteiger partial charge is 0.0971 e. The molecule has 1 atom stereocenters. The summed E-state index contributed by atoms with van der Waals surface area (Å²) in [5.74, 6) is 2.69. The molecule has 0 radical (unpaired) electrons. The Bertz CT molecular complexity index is 186. The number of hydrogen-bond acceptors (Lipinski definition) is 2. The first-order chi connectivity index (χ1) is 6.74. The van der Waals surface area contributed by atoms with Crippen molar-refractivity contribution >= 4 is 17.6 Å². The maximum Gasteiger partial charge on any atom is 0.0971 e. The van der Waals surface area contributed by atoms with Crippen LogP contribution in [-0.4, -0.2) is 23.9 Å². The molecule has 1 unspecified atom stereocenters. The fourth-order valence-corrected chi connectivity index (χ4v) is 2.51. The third kappa shape index (κ3) is 3.91. The van der Waals surface area contributed by atoms with E-state index in [0.717, 1.165) is 12.3 Å². The van der Waals surface area contributed by atoms with Gasteiger partial charge in [-0.15, -0.1) is 0 Å². The van der Waals surface area contributed by atoms with Gasteiger partial charge in [0.1, 0.15) is 0 Å². The molecule has 0 amide bonds. The van der Waals surface area contributed by atoms with Gasteiger partial charge in [-0.05, 0) is 38.2 Å². The summed E-state index contributed by atoms with van der Waals surface area (Å²) in [6, 6.07) is 0.406. The lowest BCUT2D eigenvalue weighted by Gasteiger charge is -2.11. The van der Waals surface area contributed by atoms with Crippen molar-refractivity contribution in [2.45, 2.75) is 45.1 Å². The summed E-state index contributed by atoms with van der Waals surface area (Å²) < 4.78 is 0. The van der Waals surface area contributed by atoms with Gasteiger partial charge < -0.3 is 5.73 Å². The Kier molecular flexibility index (Phi) is 5.38. The molecule has 2 nitrogen and oxygen atoms in total. The van der Waals surface area contributed by atoms with Gasteiger partial charge in [-0.2, -0.15) is 11.8 Å². The lowest BCUT2D eigenvalue weighted by Crippen LogP contribution is -2.23. The van der Waals surface area contributed by atoms with Crippen molar-refractivity contribution < 1.29 is 0 Å². The first kappa shape index (κ1) is 11.9. The second-order valence-corrected chi connectivity index (χ2v) is 5.15. The summed E-state index contributed by atoms with van der Waals surface area (Å²) in [5.41, 5.74) is 5.99. The molecule has 0 aromatic heterocycles. The molecule has 0 spiro atoms. The Morgan fingerprint density at radius 1 is 1.50 bits per heavy atom. The number of nitrogens with two attached hydrogens (primary N) is 1. The molecule has 0 heterocycles. The monoisotopic (exact) mass is 214 g/mol. The van der Waals surface area contributed by atoms with Crippen molar-refractivity contribution in [2.75, 3.05) is 12.0 Å². The van der Waals surface area contributed by atoms with Gasteiger partial charge >= 0.3 is 0 Å². The molecule has 0 bridgehead atoms. The molecule has 0 aliphatic heterocycles. The lowest BCUT2D eigenvalue weighted by molar-refractivity contribution is 0.676. The van der Waals surface area contributed by atoms with Crippen LogP contribution in [0.1, 0.15) is 39.0 Å². The van der Waals surface area contributed by atoms with E-state index in [1.807, 2.05) is 11.8 Å². The maximum absolute atomic E-state index is 5.99. The Morgan fingerprint density at radius 3 is 2.71 bits per heavy atom. The van der Waals surface area contributed by atoms with Crippen LogP contribution in [0.25, 0.3) is 0 Å². The lowest BCUT2D eigenvalue weighted by atomic mass is 10.1. The van der Waals surface area contributed by atoms with E-state index in [-0.39, 0.29) is 0 Å². The van der Waals surface area contributed by atoms with Gasteiger partial charge in [0.2, 0.25) is 0 Å². The van der Waals surface area contributed by atoms with Crippen molar-refractivity contribution in [3.05, 3.63) is 0 Å². The van der Waals surface area contributed by atoms with Crippen LogP contribution in [0, 0.1) is 5.92 Å². The Balaban J connectivity index is 2.33. The van der Waals surface area contributed by atoms with Crippen LogP contribution in [0.15, 0.2) is 4.99 Å². The highest BCUT2D eigenvalue weighted by molar-refractivity contribution is 7.98. The van der Waals surface area contributed by atoms with Crippen molar-refractivity contribution in [1.82, 2.24) is 0 Å². The third-order valence-corrected chi connectivity index (χ3v) is 3.53. The van der Waals surface area contributed by atoms with Gasteiger partial charge in [0.05, 0.1) is 5.84 Å². The minimum Gasteiger partial charge on any atom is -0.387 e. The van der Waals surface area contributed by atoms with Crippen LogP contribution in [0.3, 0.4) is 0 Å². The van der Waals surface area contributed by atoms with Gasteiger partial charge in [-0.3, -0.25) is 4.99 Å². The highest BCUT2D eigenvalue weighted by Gasteiger charge is 2.18. The van der Waals surface area contributed by atoms with Crippen LogP contribution in [0.4, 0.5) is 0 Å². The van der Waals surface area contributed by atoms with Gasteiger partial charge in [0, 0.05) is 12.0 Å². The SMILES string of the molecule is CSCCC(C)N=C(N)C1CCCC1. The zero-order chi connectivity index (χ0) is 10.4. The van der Waals surface area contributed by atoms with Gasteiger partial charge in [0.15, 0.2) is 0 Å². The maximum atomic E-state index is 5.99. The number of aliphatic imine (C=N–C) groups is 1. The number of amidine groups is 1. The van der Waals surface area contributed by atoms with E-state index >= 15 is 0 Å². The number of thioether (sulfide) groups is 1. The number of rotatable bonds is 5. The summed E-state index contributed by atoms with van der Waals surface area (Å²) in [6.45, 7) is 2.16. The molecular weight excluding hydrogens is 192 g/mol. The third-order valence-electron chi connectivity index (χ3n) is 2.88. The van der Waals surface area contributed by atoms with E-state index in [4.69, 9.17) is 5.73 Å². The van der Waals surface area contributed by atoms with Crippen molar-refractivity contribution in [2.24, 2.45) is 16.6 Å². The Morgan fingerprint density at radius 2 is 2.14 bits per heavy atom. The van der Waals surface area contributed by atoms with E-state index in [9.17, 15) is 0 Å². The molecule has 14 heavy (non-hydrogen) atoms. The number of nitrogens with zero attached hydrogens (tertiary/aromatic N) is 1. The number of hydrogen-bond donors (Lipinski definition) is 1. The van der Waals surface area contributed by atoms with Gasteiger partial charge in [0.25, 0.3) is 0 Å². The first-order valence-corrected chi connectivity index (χ1v) is 6.95. The van der Waals surface area contributed by atoms with E-state index in [0.29, 0.717) is 12.0 Å². The van der Waals surface area contributed by atoms with Crippen LogP contribution in [0.2, 0.25) is 0 Å². The second kappa shape index (κ2) is 6.33. The average Bonchev–Trinajstić information content (AvgIpc) is 2.67. The van der Waals surface area contributed by atoms with E-state index in [1.165, 1.54) is 31.4 Å². The highest BCUT2D eigenvalue weighted by atomic mass is 32.2. The summed E-state index contributed by atoms with van der Waals surface area (Å²) in [4.78, 5) is 4.58. The molecule has 0 aromatic carbocycles. The van der Waals surface area contributed by atoms with Crippen molar-refractivity contribution in [3.63, 3.8) is 0 Å². The van der Waals surface area contributed by atoms with Crippen LogP contribution >= 0.6 is 11.8 Å². The molecule has 1 aliphatic carbocycles. The van der Waals surface area contributed by atoms with E-state index < -0.39 is 0 Å². The largest absolute Gasteiger partial charge is 0.387 e. The normalized spacial score (nSPS) is 21.4. The summed E-state index contributed by atoms with van der Waals surface area (Å²) in [6.07, 6.45) is 8.46. The topological polar surface area (TPSA) is 38.4 Å². The molecule has 82 valence electrons. The quantitative estimate of drug-likeness (QED) is 0.564. The van der Waals surface area contributed by atoms with Crippen molar-refractivity contribution in [1.29, 1.82) is 0 Å². The molecule has 1 saturated carbocycles. The molecule has 1 aliphatic rings. The van der Waals surface area contributed by atoms with Crippen LogP contribution in [-0.2, 0) is 0 Å². The molecule has 1 fully saturated rings. The molecule has 0 saturated heterocycles. The molecule has 0 aromatic rings. The molecule has 3 heteroatoms. The fraction of sp³-hybridized carbons (Fsp3) is 0.909. The predicted octanol–water partition coefficient (Wildman–Crippen LogP) is 2.68. The van der Waals surface area contributed by atoms with Crippen LogP contribution < -0.4 is 5.73 Å². The minimum atomic E-state index is 0.406. The van der Waals surface area contributed by atoms with E-state index in [2.05, 4.69) is 18.2 Å². The predicted molar refractivity (Wildman–Crippen MR) is 66.0 cm³/mol. The summed E-state index contributed by atoms with van der Waals surface area (Å²) in [7, 11) is 0. The Labute approximate surface area is 91.7 Å². The fourth-order valence-electron chi connectivity index (χ4n) is 1.93. The minimum absolute atomic E-state index is 0.406.